The molecular weight excluding hydrogens is 332 g/mol. The van der Waals surface area contributed by atoms with E-state index < -0.39 is 0 Å². The topological polar surface area (TPSA) is 76.9 Å². The predicted octanol–water partition coefficient (Wildman–Crippen LogP) is 3.25. The number of imidazole rings is 1. The molecule has 0 aliphatic carbocycles. The average molecular weight is 343 g/mol. The predicted molar refractivity (Wildman–Crippen MR) is 84.4 cm³/mol. The van der Waals surface area contributed by atoms with E-state index in [-0.39, 0.29) is 0 Å². The van der Waals surface area contributed by atoms with Crippen LogP contribution in [0.25, 0.3) is 16.7 Å². The van der Waals surface area contributed by atoms with Gasteiger partial charge in [0, 0.05) is 10.5 Å². The van der Waals surface area contributed by atoms with Crippen LogP contribution in [0.2, 0.25) is 0 Å². The third-order valence-electron chi connectivity index (χ3n) is 3.21. The van der Waals surface area contributed by atoms with Gasteiger partial charge in [-0.3, -0.25) is 4.57 Å². The van der Waals surface area contributed by atoms with Gasteiger partial charge in [0.1, 0.15) is 11.8 Å². The summed E-state index contributed by atoms with van der Waals surface area (Å²) in [5.74, 6) is 1.04. The first kappa shape index (κ1) is 13.5. The summed E-state index contributed by atoms with van der Waals surface area (Å²) in [6.07, 6.45) is 0. The molecule has 3 rings (SSSR count). The number of nitriles is 1. The number of nitrogens with two attached hydrogens (primary N) is 1. The molecule has 1 aromatic heterocycles. The highest BCUT2D eigenvalue weighted by molar-refractivity contribution is 9.10. The number of benzene rings is 2. The first-order chi connectivity index (χ1) is 10.1. The molecule has 0 amide bonds. The van der Waals surface area contributed by atoms with Crippen molar-refractivity contribution in [3.05, 3.63) is 46.4 Å². The fourth-order valence-electron chi connectivity index (χ4n) is 2.24. The Labute approximate surface area is 129 Å². The zero-order chi connectivity index (χ0) is 15.0. The van der Waals surface area contributed by atoms with E-state index in [1.807, 2.05) is 30.3 Å². The van der Waals surface area contributed by atoms with Gasteiger partial charge < -0.3 is 10.5 Å². The molecule has 0 atom stereocenters. The Morgan fingerprint density at radius 1 is 1.29 bits per heavy atom. The number of nitrogen functional groups attached to an aromatic ring is 1. The lowest BCUT2D eigenvalue weighted by Gasteiger charge is -2.09. The van der Waals surface area contributed by atoms with Gasteiger partial charge in [-0.15, -0.1) is 0 Å². The highest BCUT2D eigenvalue weighted by Crippen LogP contribution is 2.29. The van der Waals surface area contributed by atoms with Crippen molar-refractivity contribution in [1.82, 2.24) is 9.55 Å². The van der Waals surface area contributed by atoms with Gasteiger partial charge in [0.15, 0.2) is 0 Å². The summed E-state index contributed by atoms with van der Waals surface area (Å²) in [6, 6.07) is 13.1. The smallest absolute Gasteiger partial charge is 0.205 e. The van der Waals surface area contributed by atoms with Gasteiger partial charge in [0.2, 0.25) is 5.95 Å². The van der Waals surface area contributed by atoms with E-state index >= 15 is 0 Å². The van der Waals surface area contributed by atoms with Crippen molar-refractivity contribution in [3.8, 4) is 17.5 Å². The van der Waals surface area contributed by atoms with Gasteiger partial charge in [-0.05, 0) is 30.3 Å². The number of aromatic nitrogens is 2. The number of ether oxygens (including phenoxy) is 1. The molecule has 5 nitrogen and oxygen atoms in total. The van der Waals surface area contributed by atoms with Crippen LogP contribution in [0.3, 0.4) is 0 Å². The van der Waals surface area contributed by atoms with Crippen molar-refractivity contribution in [2.45, 2.75) is 0 Å². The van der Waals surface area contributed by atoms with E-state index in [1.54, 1.807) is 17.7 Å². The molecule has 0 bridgehead atoms. The Balaban J connectivity index is 2.33. The number of methoxy groups -OCH3 is 1. The summed E-state index contributed by atoms with van der Waals surface area (Å²) in [5.41, 5.74) is 8.80. The lowest BCUT2D eigenvalue weighted by Crippen LogP contribution is -2.02. The molecule has 3 aromatic rings. The minimum Gasteiger partial charge on any atom is -0.497 e. The Kier molecular flexibility index (Phi) is 3.28. The molecule has 0 aliphatic rings. The standard InChI is InChI=1S/C15H11BrN4O/c1-21-11-4-5-13-12(7-11)19-15(18)20(13)14-6-10(16)3-2-9(14)8-17/h2-7H,1H3,(H2,18,19). The van der Waals surface area contributed by atoms with Crippen LogP contribution in [0.1, 0.15) is 5.56 Å². The van der Waals surface area contributed by atoms with Crippen LogP contribution in [-0.4, -0.2) is 16.7 Å². The summed E-state index contributed by atoms with van der Waals surface area (Å²) < 4.78 is 7.82. The van der Waals surface area contributed by atoms with Crippen LogP contribution >= 0.6 is 15.9 Å². The monoisotopic (exact) mass is 342 g/mol. The van der Waals surface area contributed by atoms with Crippen LogP contribution in [0, 0.1) is 11.3 Å². The maximum Gasteiger partial charge on any atom is 0.205 e. The fraction of sp³-hybridized carbons (Fsp3) is 0.0667. The number of anilines is 1. The van der Waals surface area contributed by atoms with Gasteiger partial charge in [0.25, 0.3) is 0 Å². The molecule has 1 heterocycles. The summed E-state index contributed by atoms with van der Waals surface area (Å²) in [5, 5.41) is 9.29. The second kappa shape index (κ2) is 5.11. The first-order valence-corrected chi connectivity index (χ1v) is 6.95. The molecule has 2 N–H and O–H groups in total. The van der Waals surface area contributed by atoms with Crippen molar-refractivity contribution >= 4 is 32.9 Å². The van der Waals surface area contributed by atoms with Crippen LogP contribution in [0.5, 0.6) is 5.75 Å². The molecule has 0 unspecified atom stereocenters. The largest absolute Gasteiger partial charge is 0.497 e. The number of nitrogens with zero attached hydrogens (tertiary/aromatic N) is 3. The normalized spacial score (nSPS) is 10.5. The van der Waals surface area contributed by atoms with Gasteiger partial charge in [0.05, 0.1) is 29.4 Å². The second-order valence-electron chi connectivity index (χ2n) is 4.43. The van der Waals surface area contributed by atoms with Crippen molar-refractivity contribution in [2.24, 2.45) is 0 Å². The molecule has 104 valence electrons. The van der Waals surface area contributed by atoms with Gasteiger partial charge in [-0.1, -0.05) is 15.9 Å². The molecule has 6 heteroatoms. The highest BCUT2D eigenvalue weighted by atomic mass is 79.9. The minimum atomic E-state index is 0.327. The number of fused-ring (bicyclic) bond motifs is 1. The van der Waals surface area contributed by atoms with E-state index in [1.165, 1.54) is 0 Å². The van der Waals surface area contributed by atoms with Gasteiger partial charge >= 0.3 is 0 Å². The lowest BCUT2D eigenvalue weighted by atomic mass is 10.2. The van der Waals surface area contributed by atoms with Crippen molar-refractivity contribution < 1.29 is 4.74 Å². The molecule has 0 spiro atoms. The SMILES string of the molecule is COc1ccc2c(c1)nc(N)n2-c1cc(Br)ccc1C#N. The van der Waals surface area contributed by atoms with Crippen LogP contribution < -0.4 is 10.5 Å². The Bertz CT molecular complexity index is 879. The molecule has 0 radical (unpaired) electrons. The summed E-state index contributed by atoms with van der Waals surface area (Å²) in [7, 11) is 1.60. The van der Waals surface area contributed by atoms with Crippen molar-refractivity contribution in [1.29, 1.82) is 5.26 Å². The summed E-state index contributed by atoms with van der Waals surface area (Å²) >= 11 is 3.42. The maximum absolute atomic E-state index is 9.29. The van der Waals surface area contributed by atoms with E-state index in [0.717, 1.165) is 15.5 Å². The van der Waals surface area contributed by atoms with E-state index in [4.69, 9.17) is 10.5 Å². The van der Waals surface area contributed by atoms with Gasteiger partial charge in [-0.2, -0.15) is 5.26 Å². The zero-order valence-corrected chi connectivity index (χ0v) is 12.8. The highest BCUT2D eigenvalue weighted by Gasteiger charge is 2.14. The molecule has 0 aliphatic heterocycles. The molecule has 21 heavy (non-hydrogen) atoms. The van der Waals surface area contributed by atoms with Gasteiger partial charge in [-0.25, -0.2) is 4.98 Å². The molecule has 0 saturated heterocycles. The minimum absolute atomic E-state index is 0.327. The lowest BCUT2D eigenvalue weighted by molar-refractivity contribution is 0.415. The van der Waals surface area contributed by atoms with Crippen LogP contribution in [0.4, 0.5) is 5.95 Å². The Morgan fingerprint density at radius 3 is 2.81 bits per heavy atom. The Hall–Kier alpha value is -2.52. The fourth-order valence-corrected chi connectivity index (χ4v) is 2.59. The first-order valence-electron chi connectivity index (χ1n) is 6.16. The molecular formula is C15H11BrN4O. The van der Waals surface area contributed by atoms with E-state index in [0.29, 0.717) is 22.9 Å². The van der Waals surface area contributed by atoms with Crippen molar-refractivity contribution in [2.75, 3.05) is 12.8 Å². The number of rotatable bonds is 2. The number of hydrogen-bond donors (Lipinski definition) is 1. The summed E-state index contributed by atoms with van der Waals surface area (Å²) in [4.78, 5) is 4.34. The third kappa shape index (κ3) is 2.22. The quantitative estimate of drug-likeness (QED) is 0.775. The Morgan fingerprint density at radius 2 is 2.10 bits per heavy atom. The second-order valence-corrected chi connectivity index (χ2v) is 5.35. The molecule has 2 aromatic carbocycles. The molecule has 0 fully saturated rings. The van der Waals surface area contributed by atoms with E-state index in [2.05, 4.69) is 27.0 Å². The maximum atomic E-state index is 9.29. The summed E-state index contributed by atoms with van der Waals surface area (Å²) in [6.45, 7) is 0. The van der Waals surface area contributed by atoms with Crippen molar-refractivity contribution in [3.63, 3.8) is 0 Å². The zero-order valence-electron chi connectivity index (χ0n) is 11.2. The molecule has 0 saturated carbocycles. The third-order valence-corrected chi connectivity index (χ3v) is 3.70. The number of halogens is 1. The van der Waals surface area contributed by atoms with Crippen LogP contribution in [0.15, 0.2) is 40.9 Å². The van der Waals surface area contributed by atoms with E-state index in [9.17, 15) is 5.26 Å². The average Bonchev–Trinajstić information content (AvgIpc) is 2.81. The number of hydrogen-bond acceptors (Lipinski definition) is 4. The van der Waals surface area contributed by atoms with Crippen LogP contribution in [-0.2, 0) is 0 Å².